The predicted molar refractivity (Wildman–Crippen MR) is 47.3 cm³/mol. The number of rotatable bonds is 4. The van der Waals surface area contributed by atoms with E-state index in [0.717, 1.165) is 24.0 Å². The van der Waals surface area contributed by atoms with Crippen LogP contribution in [0.25, 0.3) is 0 Å². The first-order chi connectivity index (χ1) is 5.28. The van der Waals surface area contributed by atoms with Gasteiger partial charge in [0.1, 0.15) is 6.29 Å². The minimum atomic E-state index is 0.780. The van der Waals surface area contributed by atoms with E-state index in [4.69, 9.17) is 0 Å². The zero-order valence-electron chi connectivity index (χ0n) is 7.35. The van der Waals surface area contributed by atoms with Gasteiger partial charge in [-0.25, -0.2) is 0 Å². The molecule has 0 aliphatic heterocycles. The Hall–Kier alpha value is -1.05. The highest BCUT2D eigenvalue weighted by molar-refractivity contribution is 5.73. The maximum absolute atomic E-state index is 10.4. The monoisotopic (exact) mass is 153 g/mol. The summed E-state index contributed by atoms with van der Waals surface area (Å²) in [6.07, 6.45) is 5.45. The van der Waals surface area contributed by atoms with Gasteiger partial charge in [0.15, 0.2) is 0 Å². The molecule has 0 amide bonds. The second-order valence-electron chi connectivity index (χ2n) is 2.18. The van der Waals surface area contributed by atoms with Gasteiger partial charge >= 0.3 is 0 Å². The smallest absolute Gasteiger partial charge is 0.146 e. The van der Waals surface area contributed by atoms with E-state index in [0.29, 0.717) is 0 Å². The van der Waals surface area contributed by atoms with Crippen LogP contribution < -0.4 is 5.32 Å². The number of likely N-dealkylation sites (N-methyl/N-ethyl adjacent to an activating group) is 1. The fraction of sp³-hybridized carbons (Fsp3) is 0.444. The van der Waals surface area contributed by atoms with E-state index >= 15 is 0 Å². The Bertz CT molecular complexity index is 180. The molecule has 0 aliphatic rings. The first kappa shape index (κ1) is 9.95. The van der Waals surface area contributed by atoms with Crippen LogP contribution >= 0.6 is 0 Å². The highest BCUT2D eigenvalue weighted by atomic mass is 16.1. The standard InChI is InChI=1S/C9H15NO/c1-4-8(7-11)6-9(5-2)10-3/h5-7,10H,4H2,1-3H3/b8-6+,9-5+. The third-order valence-corrected chi connectivity index (χ3v) is 1.50. The van der Waals surface area contributed by atoms with Crippen molar-refractivity contribution in [2.75, 3.05) is 7.05 Å². The summed E-state index contributed by atoms with van der Waals surface area (Å²) in [5.74, 6) is 0. The summed E-state index contributed by atoms with van der Waals surface area (Å²) in [5, 5.41) is 2.98. The van der Waals surface area contributed by atoms with Crippen LogP contribution in [0.3, 0.4) is 0 Å². The molecule has 0 spiro atoms. The summed E-state index contributed by atoms with van der Waals surface area (Å²) in [6, 6.07) is 0. The van der Waals surface area contributed by atoms with Crippen LogP contribution in [-0.4, -0.2) is 13.3 Å². The van der Waals surface area contributed by atoms with Crippen LogP contribution in [0.1, 0.15) is 20.3 Å². The van der Waals surface area contributed by atoms with Gasteiger partial charge in [-0.15, -0.1) is 0 Å². The quantitative estimate of drug-likeness (QED) is 0.378. The van der Waals surface area contributed by atoms with Gasteiger partial charge in [-0.2, -0.15) is 0 Å². The summed E-state index contributed by atoms with van der Waals surface area (Å²) >= 11 is 0. The molecule has 0 aromatic heterocycles. The maximum atomic E-state index is 10.4. The molecule has 2 heteroatoms. The van der Waals surface area contributed by atoms with Crippen LogP contribution in [0.2, 0.25) is 0 Å². The largest absolute Gasteiger partial charge is 0.388 e. The van der Waals surface area contributed by atoms with Crippen LogP contribution in [0.5, 0.6) is 0 Å². The lowest BCUT2D eigenvalue weighted by atomic mass is 10.2. The molecule has 0 bridgehead atoms. The van der Waals surface area contributed by atoms with Crippen molar-refractivity contribution >= 4 is 6.29 Å². The Labute approximate surface area is 68.0 Å². The second-order valence-corrected chi connectivity index (χ2v) is 2.18. The molecule has 0 rings (SSSR count). The molecule has 11 heavy (non-hydrogen) atoms. The summed E-state index contributed by atoms with van der Waals surface area (Å²) in [6.45, 7) is 3.89. The van der Waals surface area contributed by atoms with Gasteiger partial charge in [-0.3, -0.25) is 4.79 Å². The summed E-state index contributed by atoms with van der Waals surface area (Å²) in [4.78, 5) is 10.4. The molecular formula is C9H15NO. The van der Waals surface area contributed by atoms with Crippen molar-refractivity contribution in [1.29, 1.82) is 0 Å². The number of carbonyl (C=O) groups excluding carboxylic acids is 1. The van der Waals surface area contributed by atoms with Crippen LogP contribution in [0, 0.1) is 0 Å². The van der Waals surface area contributed by atoms with Crippen LogP contribution in [0.15, 0.2) is 23.4 Å². The highest BCUT2D eigenvalue weighted by Gasteiger charge is 1.91. The third-order valence-electron chi connectivity index (χ3n) is 1.50. The molecule has 2 nitrogen and oxygen atoms in total. The summed E-state index contributed by atoms with van der Waals surface area (Å²) < 4.78 is 0. The van der Waals surface area contributed by atoms with Crippen molar-refractivity contribution in [3.05, 3.63) is 23.4 Å². The number of carbonyl (C=O) groups is 1. The van der Waals surface area contributed by atoms with Gasteiger partial charge in [-0.1, -0.05) is 13.0 Å². The van der Waals surface area contributed by atoms with Crippen molar-refractivity contribution in [3.63, 3.8) is 0 Å². The molecule has 0 aromatic carbocycles. The molecule has 0 aromatic rings. The topological polar surface area (TPSA) is 29.1 Å². The van der Waals surface area contributed by atoms with E-state index in [1.807, 2.05) is 33.0 Å². The SMILES string of the molecule is C/C=C(\C=C(\C=O)CC)NC. The molecule has 0 heterocycles. The number of hydrogen-bond acceptors (Lipinski definition) is 2. The second kappa shape index (κ2) is 5.71. The zero-order chi connectivity index (χ0) is 8.69. The molecule has 1 N–H and O–H groups in total. The average Bonchev–Trinajstić information content (AvgIpc) is 2.07. The molecule has 0 radical (unpaired) electrons. The Balaban J connectivity index is 4.35. The van der Waals surface area contributed by atoms with Gasteiger partial charge in [0.05, 0.1) is 0 Å². The van der Waals surface area contributed by atoms with E-state index in [9.17, 15) is 4.79 Å². The fourth-order valence-corrected chi connectivity index (χ4v) is 0.719. The minimum absolute atomic E-state index is 0.780. The average molecular weight is 153 g/mol. The van der Waals surface area contributed by atoms with Crippen molar-refractivity contribution in [2.24, 2.45) is 0 Å². The lowest BCUT2D eigenvalue weighted by Gasteiger charge is -1.99. The molecule has 62 valence electrons. The first-order valence-corrected chi connectivity index (χ1v) is 3.78. The van der Waals surface area contributed by atoms with E-state index in [1.54, 1.807) is 0 Å². The van der Waals surface area contributed by atoms with Crippen molar-refractivity contribution in [2.45, 2.75) is 20.3 Å². The zero-order valence-corrected chi connectivity index (χ0v) is 7.35. The fourth-order valence-electron chi connectivity index (χ4n) is 0.719. The number of aldehydes is 1. The van der Waals surface area contributed by atoms with Crippen molar-refractivity contribution in [3.8, 4) is 0 Å². The number of allylic oxidation sites excluding steroid dienone is 3. The van der Waals surface area contributed by atoms with Gasteiger partial charge in [0.25, 0.3) is 0 Å². The first-order valence-electron chi connectivity index (χ1n) is 3.78. The van der Waals surface area contributed by atoms with Gasteiger partial charge < -0.3 is 5.32 Å². The van der Waals surface area contributed by atoms with Crippen molar-refractivity contribution in [1.82, 2.24) is 5.32 Å². The number of nitrogens with one attached hydrogen (secondary N) is 1. The van der Waals surface area contributed by atoms with Gasteiger partial charge in [0.2, 0.25) is 0 Å². The van der Waals surface area contributed by atoms with Crippen LogP contribution in [-0.2, 0) is 4.79 Å². The Kier molecular flexibility index (Phi) is 5.17. The molecule has 0 saturated heterocycles. The van der Waals surface area contributed by atoms with E-state index in [2.05, 4.69) is 5.32 Å². The molecule has 0 unspecified atom stereocenters. The van der Waals surface area contributed by atoms with E-state index < -0.39 is 0 Å². The van der Waals surface area contributed by atoms with Gasteiger partial charge in [0, 0.05) is 12.7 Å². The lowest BCUT2D eigenvalue weighted by Crippen LogP contribution is -2.03. The Morgan fingerprint density at radius 3 is 2.45 bits per heavy atom. The highest BCUT2D eigenvalue weighted by Crippen LogP contribution is 2.00. The third kappa shape index (κ3) is 3.61. The van der Waals surface area contributed by atoms with Crippen LogP contribution in [0.4, 0.5) is 0 Å². The summed E-state index contributed by atoms with van der Waals surface area (Å²) in [7, 11) is 1.84. The molecule has 0 aliphatic carbocycles. The molecule has 0 saturated carbocycles. The molecule has 0 fully saturated rings. The van der Waals surface area contributed by atoms with Gasteiger partial charge in [-0.05, 0) is 25.0 Å². The molecule has 0 atom stereocenters. The number of hydrogen-bond donors (Lipinski definition) is 1. The maximum Gasteiger partial charge on any atom is 0.146 e. The summed E-state index contributed by atoms with van der Waals surface area (Å²) in [5.41, 5.74) is 1.79. The minimum Gasteiger partial charge on any atom is -0.388 e. The van der Waals surface area contributed by atoms with Crippen molar-refractivity contribution < 1.29 is 4.79 Å². The predicted octanol–water partition coefficient (Wildman–Crippen LogP) is 1.64. The Morgan fingerprint density at radius 2 is 2.18 bits per heavy atom. The van der Waals surface area contributed by atoms with E-state index in [1.165, 1.54) is 0 Å². The lowest BCUT2D eigenvalue weighted by molar-refractivity contribution is -0.105. The Morgan fingerprint density at radius 1 is 1.55 bits per heavy atom. The molecular weight excluding hydrogens is 138 g/mol. The van der Waals surface area contributed by atoms with E-state index in [-0.39, 0.29) is 0 Å². The normalized spacial score (nSPS) is 13.0.